The Labute approximate surface area is 169 Å². The Kier molecular flexibility index (Phi) is 6.00. The lowest BCUT2D eigenvalue weighted by Gasteiger charge is -2.29. The molecule has 2 heterocycles. The Morgan fingerprint density at radius 3 is 2.71 bits per heavy atom. The molecule has 0 bridgehead atoms. The lowest BCUT2D eigenvalue weighted by molar-refractivity contribution is 0.0391. The molecule has 1 amide bonds. The molecule has 146 valence electrons. The zero-order chi connectivity index (χ0) is 19.3. The minimum absolute atomic E-state index is 0.00336. The van der Waals surface area contributed by atoms with Gasteiger partial charge in [-0.2, -0.15) is 0 Å². The number of fused-ring (bicyclic) bond motifs is 1. The van der Waals surface area contributed by atoms with Crippen LogP contribution in [0.2, 0.25) is 0 Å². The summed E-state index contributed by atoms with van der Waals surface area (Å²) in [6, 6.07) is 15.8. The van der Waals surface area contributed by atoms with Gasteiger partial charge in [-0.05, 0) is 36.2 Å². The van der Waals surface area contributed by atoms with Crippen molar-refractivity contribution in [3.63, 3.8) is 0 Å². The maximum Gasteiger partial charge on any atom is 0.260 e. The molecule has 1 aliphatic rings. The smallest absolute Gasteiger partial charge is 0.260 e. The normalized spacial score (nSPS) is 15.0. The first kappa shape index (κ1) is 19.1. The summed E-state index contributed by atoms with van der Waals surface area (Å²) in [4.78, 5) is 22.2. The lowest BCUT2D eigenvalue weighted by Crippen LogP contribution is -2.43. The predicted molar refractivity (Wildman–Crippen MR) is 114 cm³/mol. The van der Waals surface area contributed by atoms with E-state index in [9.17, 15) is 4.79 Å². The molecule has 5 nitrogen and oxygen atoms in total. The monoisotopic (exact) mass is 395 g/mol. The van der Waals surface area contributed by atoms with Gasteiger partial charge in [0.05, 0.1) is 23.4 Å². The third-order valence-corrected chi connectivity index (χ3v) is 6.13. The summed E-state index contributed by atoms with van der Waals surface area (Å²) in [7, 11) is 0. The molecule has 0 saturated carbocycles. The van der Waals surface area contributed by atoms with Crippen molar-refractivity contribution < 1.29 is 9.53 Å². The van der Waals surface area contributed by atoms with Crippen molar-refractivity contribution in [3.8, 4) is 0 Å². The van der Waals surface area contributed by atoms with Gasteiger partial charge in [-0.15, -0.1) is 0 Å². The van der Waals surface area contributed by atoms with Crippen LogP contribution in [0.3, 0.4) is 0 Å². The molecule has 28 heavy (non-hydrogen) atoms. The van der Waals surface area contributed by atoms with Crippen LogP contribution in [0.5, 0.6) is 0 Å². The van der Waals surface area contributed by atoms with Crippen molar-refractivity contribution in [1.29, 1.82) is 0 Å². The Hall–Kier alpha value is -2.28. The van der Waals surface area contributed by atoms with E-state index in [1.807, 2.05) is 35.2 Å². The number of hydrogen-bond acceptors (Lipinski definition) is 5. The van der Waals surface area contributed by atoms with Crippen molar-refractivity contribution in [2.75, 3.05) is 44.3 Å². The van der Waals surface area contributed by atoms with E-state index in [1.54, 1.807) is 11.3 Å². The van der Waals surface area contributed by atoms with Gasteiger partial charge in [0.15, 0.2) is 5.13 Å². The SMILES string of the molecule is CCc1ccc2nc(N(CCN3CCOCC3)C(=O)c3ccccc3)sc2c1. The zero-order valence-corrected chi connectivity index (χ0v) is 17.0. The Bertz CT molecular complexity index is 935. The van der Waals surface area contributed by atoms with Crippen molar-refractivity contribution in [1.82, 2.24) is 9.88 Å². The van der Waals surface area contributed by atoms with Crippen molar-refractivity contribution in [2.45, 2.75) is 13.3 Å². The summed E-state index contributed by atoms with van der Waals surface area (Å²) in [6.45, 7) is 6.92. The predicted octanol–water partition coefficient (Wildman–Crippen LogP) is 3.84. The zero-order valence-electron chi connectivity index (χ0n) is 16.1. The highest BCUT2D eigenvalue weighted by atomic mass is 32.1. The molecule has 0 spiro atoms. The van der Waals surface area contributed by atoms with Gasteiger partial charge in [-0.1, -0.05) is 42.5 Å². The summed E-state index contributed by atoms with van der Waals surface area (Å²) < 4.78 is 6.57. The molecular formula is C22H25N3O2S. The number of amides is 1. The first-order valence-corrected chi connectivity index (χ1v) is 10.6. The molecule has 0 atom stereocenters. The first-order valence-electron chi connectivity index (χ1n) is 9.81. The molecule has 0 N–H and O–H groups in total. The number of thiazole rings is 1. The van der Waals surface area contributed by atoms with E-state index in [2.05, 4.69) is 30.0 Å². The molecule has 2 aromatic carbocycles. The third-order valence-electron chi connectivity index (χ3n) is 5.09. The number of anilines is 1. The van der Waals surface area contributed by atoms with Gasteiger partial charge in [0, 0.05) is 31.7 Å². The topological polar surface area (TPSA) is 45.7 Å². The highest BCUT2D eigenvalue weighted by Crippen LogP contribution is 2.30. The van der Waals surface area contributed by atoms with Gasteiger partial charge in [0.25, 0.3) is 5.91 Å². The van der Waals surface area contributed by atoms with Gasteiger partial charge in [0.2, 0.25) is 0 Å². The number of benzene rings is 2. The van der Waals surface area contributed by atoms with Crippen LogP contribution in [0.15, 0.2) is 48.5 Å². The molecule has 0 unspecified atom stereocenters. The fourth-order valence-corrected chi connectivity index (χ4v) is 4.43. The number of morpholine rings is 1. The largest absolute Gasteiger partial charge is 0.379 e. The van der Waals surface area contributed by atoms with E-state index >= 15 is 0 Å². The van der Waals surface area contributed by atoms with Crippen LogP contribution in [0.1, 0.15) is 22.8 Å². The molecular weight excluding hydrogens is 370 g/mol. The quantitative estimate of drug-likeness (QED) is 0.636. The maximum atomic E-state index is 13.3. The summed E-state index contributed by atoms with van der Waals surface area (Å²) in [5.74, 6) is 0.00336. The molecule has 1 aromatic heterocycles. The molecule has 0 aliphatic carbocycles. The van der Waals surface area contributed by atoms with Crippen LogP contribution in [0.25, 0.3) is 10.2 Å². The second kappa shape index (κ2) is 8.82. The summed E-state index contributed by atoms with van der Waals surface area (Å²) in [5.41, 5.74) is 2.93. The van der Waals surface area contributed by atoms with Gasteiger partial charge < -0.3 is 4.74 Å². The van der Waals surface area contributed by atoms with Crippen LogP contribution in [0.4, 0.5) is 5.13 Å². The van der Waals surface area contributed by atoms with Gasteiger partial charge >= 0.3 is 0 Å². The average molecular weight is 396 g/mol. The van der Waals surface area contributed by atoms with E-state index < -0.39 is 0 Å². The van der Waals surface area contributed by atoms with Crippen LogP contribution in [0, 0.1) is 0 Å². The second-order valence-electron chi connectivity index (χ2n) is 6.93. The molecule has 1 aliphatic heterocycles. The molecule has 6 heteroatoms. The molecule has 0 radical (unpaired) electrons. The minimum Gasteiger partial charge on any atom is -0.379 e. The van der Waals surface area contributed by atoms with E-state index in [0.717, 1.165) is 54.6 Å². The highest BCUT2D eigenvalue weighted by Gasteiger charge is 2.22. The van der Waals surface area contributed by atoms with Crippen molar-refractivity contribution in [3.05, 3.63) is 59.7 Å². The molecule has 1 fully saturated rings. The number of nitrogens with zero attached hydrogens (tertiary/aromatic N) is 3. The van der Waals surface area contributed by atoms with E-state index in [-0.39, 0.29) is 5.91 Å². The van der Waals surface area contributed by atoms with Gasteiger partial charge in [-0.3, -0.25) is 14.6 Å². The minimum atomic E-state index is 0.00336. The third kappa shape index (κ3) is 4.24. The van der Waals surface area contributed by atoms with Crippen LogP contribution < -0.4 is 4.90 Å². The van der Waals surface area contributed by atoms with E-state index in [0.29, 0.717) is 12.1 Å². The fraction of sp³-hybridized carbons (Fsp3) is 0.364. The number of carbonyl (C=O) groups excluding carboxylic acids is 1. The number of rotatable bonds is 6. The number of ether oxygens (including phenoxy) is 1. The molecule has 3 aromatic rings. The summed E-state index contributed by atoms with van der Waals surface area (Å²) in [5, 5.41) is 0.769. The second-order valence-corrected chi connectivity index (χ2v) is 7.94. The summed E-state index contributed by atoms with van der Waals surface area (Å²) >= 11 is 1.60. The Morgan fingerprint density at radius 2 is 1.96 bits per heavy atom. The first-order chi connectivity index (χ1) is 13.7. The Morgan fingerprint density at radius 1 is 1.18 bits per heavy atom. The maximum absolute atomic E-state index is 13.3. The van der Waals surface area contributed by atoms with Crippen LogP contribution in [-0.4, -0.2) is 55.2 Å². The standard InChI is InChI=1S/C22H25N3O2S/c1-2-17-8-9-19-20(16-17)28-22(23-19)25(11-10-24-12-14-27-15-13-24)21(26)18-6-4-3-5-7-18/h3-9,16H,2,10-15H2,1H3. The van der Waals surface area contributed by atoms with Crippen LogP contribution in [-0.2, 0) is 11.2 Å². The van der Waals surface area contributed by atoms with E-state index in [1.165, 1.54) is 5.56 Å². The number of aryl methyl sites for hydroxylation is 1. The number of carbonyl (C=O) groups is 1. The van der Waals surface area contributed by atoms with Gasteiger partial charge in [-0.25, -0.2) is 4.98 Å². The summed E-state index contributed by atoms with van der Waals surface area (Å²) in [6.07, 6.45) is 0.993. The fourth-order valence-electron chi connectivity index (χ4n) is 3.38. The Balaban J connectivity index is 1.62. The number of hydrogen-bond donors (Lipinski definition) is 0. The molecule has 4 rings (SSSR count). The molecule has 1 saturated heterocycles. The van der Waals surface area contributed by atoms with Gasteiger partial charge in [0.1, 0.15) is 0 Å². The van der Waals surface area contributed by atoms with E-state index in [4.69, 9.17) is 9.72 Å². The van der Waals surface area contributed by atoms with Crippen LogP contribution >= 0.6 is 11.3 Å². The van der Waals surface area contributed by atoms with Crippen molar-refractivity contribution >= 4 is 32.6 Å². The lowest BCUT2D eigenvalue weighted by atomic mass is 10.2. The highest BCUT2D eigenvalue weighted by molar-refractivity contribution is 7.22. The average Bonchev–Trinajstić information content (AvgIpc) is 3.18. The van der Waals surface area contributed by atoms with Crippen molar-refractivity contribution in [2.24, 2.45) is 0 Å². The number of aromatic nitrogens is 1.